The third-order valence-electron chi connectivity index (χ3n) is 9.65. The molecule has 0 amide bonds. The third-order valence-corrected chi connectivity index (χ3v) is 9.65. The topological polar surface area (TPSA) is 47.0 Å². The zero-order chi connectivity index (χ0) is 43.1. The highest BCUT2D eigenvalue weighted by atomic mass is 16.5. The van der Waals surface area contributed by atoms with Gasteiger partial charge in [-0.15, -0.1) is 0 Å². The molecule has 0 radical (unpaired) electrons. The van der Waals surface area contributed by atoms with Gasteiger partial charge in [0.1, 0.15) is 5.82 Å². The van der Waals surface area contributed by atoms with Crippen molar-refractivity contribution in [3.63, 3.8) is 0 Å². The molecule has 0 atom stereocenters. The van der Waals surface area contributed by atoms with Crippen molar-refractivity contribution in [3.05, 3.63) is 81.2 Å². The van der Waals surface area contributed by atoms with Crippen molar-refractivity contribution in [3.8, 4) is 5.88 Å². The summed E-state index contributed by atoms with van der Waals surface area (Å²) in [6.07, 6.45) is 0. The Bertz CT molecular complexity index is 1630. The van der Waals surface area contributed by atoms with Crippen LogP contribution in [0.4, 0.5) is 5.82 Å². The van der Waals surface area contributed by atoms with E-state index in [4.69, 9.17) is 9.72 Å². The summed E-state index contributed by atoms with van der Waals surface area (Å²) in [6.45, 7) is 55.4. The summed E-state index contributed by atoms with van der Waals surface area (Å²) in [5.41, 5.74) is 11.7. The first-order chi connectivity index (χ1) is 24.6. The Morgan fingerprint density at radius 1 is 0.545 bits per heavy atom. The molecule has 3 rings (SSSR count). The molecule has 4 heteroatoms. The van der Waals surface area contributed by atoms with E-state index in [2.05, 4.69) is 213 Å². The van der Waals surface area contributed by atoms with Crippen LogP contribution < -0.4 is 10.1 Å². The molecule has 1 N–H and O–H groups in total. The molecule has 0 spiro atoms. The summed E-state index contributed by atoms with van der Waals surface area (Å²) in [5, 5.41) is 3.48. The molecule has 0 saturated heterocycles. The van der Waals surface area contributed by atoms with E-state index in [9.17, 15) is 0 Å². The highest BCUT2D eigenvalue weighted by Gasteiger charge is 2.24. The number of ether oxygens (including phenoxy) is 1. The molecule has 3 aromatic rings. The SMILES string of the molecule is CC(C)COc1cc(C(C)C)cc(C(C)(C)C)n1.CC(C)c1cc(NCC(C)(C)C)nc(C(C)(C)C)c1.Cc1c(C(C)C)cc(C(C)(C)C)cc1C(C)(C)C. The molecule has 1 aromatic carbocycles. The second kappa shape index (κ2) is 19.5. The van der Waals surface area contributed by atoms with Crippen LogP contribution >= 0.6 is 0 Å². The zero-order valence-corrected chi connectivity index (χ0v) is 40.5. The lowest BCUT2D eigenvalue weighted by atomic mass is 9.76. The largest absolute Gasteiger partial charge is 0.477 e. The molecule has 2 aromatic heterocycles. The summed E-state index contributed by atoms with van der Waals surface area (Å²) >= 11 is 0. The maximum Gasteiger partial charge on any atom is 0.213 e. The van der Waals surface area contributed by atoms with Crippen molar-refractivity contribution in [2.24, 2.45) is 11.3 Å². The average Bonchev–Trinajstić information content (AvgIpc) is 3.00. The van der Waals surface area contributed by atoms with E-state index in [1.54, 1.807) is 0 Å². The van der Waals surface area contributed by atoms with Crippen LogP contribution in [0.2, 0.25) is 0 Å². The number of pyridine rings is 2. The monoisotopic (exact) mass is 758 g/mol. The van der Waals surface area contributed by atoms with Crippen molar-refractivity contribution in [2.75, 3.05) is 18.5 Å². The molecule has 0 aliphatic heterocycles. The van der Waals surface area contributed by atoms with Gasteiger partial charge in [0.2, 0.25) is 5.88 Å². The van der Waals surface area contributed by atoms with Crippen LogP contribution in [0.1, 0.15) is 222 Å². The van der Waals surface area contributed by atoms with Crippen molar-refractivity contribution in [1.82, 2.24) is 9.97 Å². The summed E-state index contributed by atoms with van der Waals surface area (Å²) in [6, 6.07) is 13.5. The Morgan fingerprint density at radius 2 is 1.02 bits per heavy atom. The Labute approximate surface area is 341 Å². The van der Waals surface area contributed by atoms with Crippen molar-refractivity contribution in [2.45, 2.75) is 206 Å². The van der Waals surface area contributed by atoms with E-state index < -0.39 is 0 Å². The van der Waals surface area contributed by atoms with E-state index in [1.165, 1.54) is 33.4 Å². The van der Waals surface area contributed by atoms with Crippen LogP contribution in [0.15, 0.2) is 36.4 Å². The minimum atomic E-state index is 0.0564. The third kappa shape index (κ3) is 17.4. The normalized spacial score (nSPS) is 12.8. The van der Waals surface area contributed by atoms with Crippen LogP contribution in [0.3, 0.4) is 0 Å². The molecule has 0 aliphatic carbocycles. The van der Waals surface area contributed by atoms with E-state index in [1.807, 2.05) is 0 Å². The lowest BCUT2D eigenvalue weighted by Crippen LogP contribution is -2.21. The van der Waals surface area contributed by atoms with E-state index in [0.29, 0.717) is 23.7 Å². The van der Waals surface area contributed by atoms with Gasteiger partial charge in [-0.3, -0.25) is 0 Å². The van der Waals surface area contributed by atoms with Gasteiger partial charge in [-0.1, -0.05) is 171 Å². The molecule has 55 heavy (non-hydrogen) atoms. The number of nitrogens with zero attached hydrogens (tertiary/aromatic N) is 2. The fourth-order valence-electron chi connectivity index (χ4n) is 5.83. The molecular formula is C51H87N3O. The predicted octanol–water partition coefficient (Wildman–Crippen LogP) is 15.2. The van der Waals surface area contributed by atoms with Crippen LogP contribution in [-0.4, -0.2) is 23.1 Å². The van der Waals surface area contributed by atoms with Gasteiger partial charge in [0.15, 0.2) is 0 Å². The van der Waals surface area contributed by atoms with Gasteiger partial charge < -0.3 is 10.1 Å². The van der Waals surface area contributed by atoms with Crippen LogP contribution in [0.5, 0.6) is 5.88 Å². The van der Waals surface area contributed by atoms with Gasteiger partial charge in [-0.2, -0.15) is 0 Å². The van der Waals surface area contributed by atoms with E-state index in [-0.39, 0.29) is 27.1 Å². The van der Waals surface area contributed by atoms with E-state index >= 15 is 0 Å². The Kier molecular flexibility index (Phi) is 17.8. The van der Waals surface area contributed by atoms with Crippen molar-refractivity contribution >= 4 is 5.82 Å². The van der Waals surface area contributed by atoms with Crippen LogP contribution in [-0.2, 0) is 21.7 Å². The molecule has 2 heterocycles. The number of nitrogens with one attached hydrogen (secondary N) is 1. The fourth-order valence-corrected chi connectivity index (χ4v) is 5.83. The van der Waals surface area contributed by atoms with Crippen molar-refractivity contribution in [1.29, 1.82) is 0 Å². The summed E-state index contributed by atoms with van der Waals surface area (Å²) in [5.74, 6) is 3.90. The highest BCUT2D eigenvalue weighted by Crippen LogP contribution is 2.36. The Morgan fingerprint density at radius 3 is 1.40 bits per heavy atom. The summed E-state index contributed by atoms with van der Waals surface area (Å²) < 4.78 is 5.78. The van der Waals surface area contributed by atoms with Crippen molar-refractivity contribution < 1.29 is 4.74 Å². The number of aromatic nitrogens is 2. The molecule has 312 valence electrons. The van der Waals surface area contributed by atoms with Gasteiger partial charge in [0, 0.05) is 29.1 Å². The maximum atomic E-state index is 5.78. The minimum Gasteiger partial charge on any atom is -0.477 e. The number of anilines is 1. The van der Waals surface area contributed by atoms with Gasteiger partial charge >= 0.3 is 0 Å². The molecule has 0 aliphatic rings. The molecule has 0 fully saturated rings. The highest BCUT2D eigenvalue weighted by molar-refractivity contribution is 5.45. The first-order valence-electron chi connectivity index (χ1n) is 21.2. The quantitative estimate of drug-likeness (QED) is 0.249. The molecule has 0 bridgehead atoms. The molecule has 0 unspecified atom stereocenters. The maximum absolute atomic E-state index is 5.78. The second-order valence-corrected chi connectivity index (χ2v) is 22.6. The Balaban J connectivity index is 0.000000413. The Hall–Kier alpha value is -2.88. The van der Waals surface area contributed by atoms with Crippen LogP contribution in [0, 0.1) is 18.3 Å². The minimum absolute atomic E-state index is 0.0564. The number of hydrogen-bond donors (Lipinski definition) is 1. The first kappa shape index (κ1) is 50.1. The second-order valence-electron chi connectivity index (χ2n) is 22.6. The smallest absolute Gasteiger partial charge is 0.213 e. The predicted molar refractivity (Wildman–Crippen MR) is 245 cm³/mol. The lowest BCUT2D eigenvalue weighted by molar-refractivity contribution is 0.259. The van der Waals surface area contributed by atoms with Gasteiger partial charge in [-0.25, -0.2) is 9.97 Å². The lowest BCUT2D eigenvalue weighted by Gasteiger charge is -2.29. The number of hydrogen-bond acceptors (Lipinski definition) is 4. The van der Waals surface area contributed by atoms with Crippen LogP contribution in [0.25, 0.3) is 0 Å². The molecule has 0 saturated carbocycles. The summed E-state index contributed by atoms with van der Waals surface area (Å²) in [4.78, 5) is 9.42. The van der Waals surface area contributed by atoms with Gasteiger partial charge in [0.05, 0.1) is 12.3 Å². The fraction of sp³-hybridized carbons (Fsp3) is 0.686. The number of benzene rings is 1. The molecular weight excluding hydrogens is 671 g/mol. The zero-order valence-electron chi connectivity index (χ0n) is 40.5. The summed E-state index contributed by atoms with van der Waals surface area (Å²) in [7, 11) is 0. The first-order valence-corrected chi connectivity index (χ1v) is 21.2. The average molecular weight is 758 g/mol. The van der Waals surface area contributed by atoms with Gasteiger partial charge in [0.25, 0.3) is 0 Å². The molecule has 4 nitrogen and oxygen atoms in total. The van der Waals surface area contributed by atoms with Gasteiger partial charge in [-0.05, 0) is 98.4 Å². The standard InChI is InChI=1S/C18H30.C17H30N2.C16H27NO/c1-12(2)15-10-14(17(4,5)6)11-16(13(15)3)18(7,8)9;1-12(2)13-9-14(17(6,7)8)19-15(10-13)18-11-16(3,4)5;1-11(2)10-18-15-9-13(12(3)4)8-14(17-15)16(5,6)7/h10-12H,1-9H3;9-10,12H,11H2,1-8H3,(H,18,19);8-9,11-12H,10H2,1-7H3. The number of rotatable bonds is 8. The van der Waals surface area contributed by atoms with E-state index in [0.717, 1.165) is 36.2 Å².